The molecule has 0 aromatic carbocycles. The maximum atomic E-state index is 12.7. The summed E-state index contributed by atoms with van der Waals surface area (Å²) < 4.78 is 12.7. The van der Waals surface area contributed by atoms with Crippen molar-refractivity contribution in [1.82, 2.24) is 15.2 Å². The Morgan fingerprint density at radius 3 is 2.95 bits per heavy atom. The Morgan fingerprint density at radius 1 is 1.40 bits per heavy atom. The number of amides is 3. The zero-order valence-corrected chi connectivity index (χ0v) is 10.8. The number of hydrogen-bond donors (Lipinski definition) is 2. The minimum Gasteiger partial charge on any atom is -0.351 e. The molecule has 20 heavy (non-hydrogen) atoms. The first-order valence-electron chi connectivity index (χ1n) is 6.59. The second kappa shape index (κ2) is 5.07. The number of nitrogens with zero attached hydrogens (tertiary/aromatic N) is 2. The van der Waals surface area contributed by atoms with Crippen LogP contribution < -0.4 is 10.6 Å². The first kappa shape index (κ1) is 12.8. The summed E-state index contributed by atoms with van der Waals surface area (Å²) in [5, 5.41) is 5.58. The van der Waals surface area contributed by atoms with Gasteiger partial charge in [0.2, 0.25) is 11.9 Å². The smallest absolute Gasteiger partial charge is 0.321 e. The third-order valence-electron chi connectivity index (χ3n) is 3.73. The van der Waals surface area contributed by atoms with Crippen molar-refractivity contribution in [2.75, 3.05) is 18.4 Å². The average Bonchev–Trinajstić information content (AvgIpc) is 2.72. The highest BCUT2D eigenvalue weighted by Crippen LogP contribution is 2.23. The standard InChI is InChI=1S/C13H15FN4O2/c14-11-4-3-9(5-15-11)17-13(20)18-6-8-1-2-10(7-18)16-12(8)19/h3-5,8,10H,1-2,6-7H2,(H,16,19)(H,17,20)/t8-,10+/m1/s1. The number of rotatable bonds is 1. The molecule has 106 valence electrons. The number of urea groups is 1. The molecule has 3 fully saturated rings. The number of hydrogen-bond acceptors (Lipinski definition) is 3. The van der Waals surface area contributed by atoms with E-state index in [1.807, 2.05) is 0 Å². The molecule has 1 aromatic heterocycles. The molecule has 0 spiro atoms. The van der Waals surface area contributed by atoms with E-state index < -0.39 is 5.95 Å². The highest BCUT2D eigenvalue weighted by Gasteiger charge is 2.36. The maximum absolute atomic E-state index is 12.7. The minimum atomic E-state index is -0.592. The summed E-state index contributed by atoms with van der Waals surface area (Å²) in [4.78, 5) is 29.0. The van der Waals surface area contributed by atoms with Crippen molar-refractivity contribution in [3.05, 3.63) is 24.3 Å². The lowest BCUT2D eigenvalue weighted by atomic mass is 9.96. The molecule has 2 atom stereocenters. The van der Waals surface area contributed by atoms with Crippen molar-refractivity contribution in [1.29, 1.82) is 0 Å². The fourth-order valence-electron chi connectivity index (χ4n) is 2.66. The van der Waals surface area contributed by atoms with Gasteiger partial charge in [-0.1, -0.05) is 0 Å². The number of halogens is 1. The summed E-state index contributed by atoms with van der Waals surface area (Å²) in [5.41, 5.74) is 0.437. The lowest BCUT2D eigenvalue weighted by Gasteiger charge is -2.23. The molecule has 0 saturated carbocycles. The van der Waals surface area contributed by atoms with Gasteiger partial charge in [-0.05, 0) is 25.0 Å². The Bertz CT molecular complexity index is 534. The van der Waals surface area contributed by atoms with Gasteiger partial charge in [-0.25, -0.2) is 9.78 Å². The molecule has 4 heterocycles. The van der Waals surface area contributed by atoms with Gasteiger partial charge < -0.3 is 15.5 Å². The Hall–Kier alpha value is -2.18. The molecule has 6 nitrogen and oxygen atoms in total. The third kappa shape index (κ3) is 2.56. The van der Waals surface area contributed by atoms with E-state index in [4.69, 9.17) is 0 Å². The van der Waals surface area contributed by atoms with Gasteiger partial charge in [0.15, 0.2) is 0 Å². The van der Waals surface area contributed by atoms with Crippen LogP contribution in [0.4, 0.5) is 14.9 Å². The van der Waals surface area contributed by atoms with Gasteiger partial charge in [-0.3, -0.25) is 4.79 Å². The Kier molecular flexibility index (Phi) is 3.25. The van der Waals surface area contributed by atoms with Crippen molar-refractivity contribution in [3.8, 4) is 0 Å². The van der Waals surface area contributed by atoms with Crippen LogP contribution in [0.25, 0.3) is 0 Å². The molecular weight excluding hydrogens is 263 g/mol. The zero-order chi connectivity index (χ0) is 14.1. The predicted molar refractivity (Wildman–Crippen MR) is 69.4 cm³/mol. The van der Waals surface area contributed by atoms with E-state index in [2.05, 4.69) is 15.6 Å². The van der Waals surface area contributed by atoms with Crippen LogP contribution in [0.15, 0.2) is 18.3 Å². The molecule has 0 unspecified atom stereocenters. The number of carbonyl (C=O) groups is 2. The molecule has 3 aliphatic rings. The van der Waals surface area contributed by atoms with Crippen LogP contribution in [0.1, 0.15) is 12.8 Å². The number of nitrogens with one attached hydrogen (secondary N) is 2. The van der Waals surface area contributed by atoms with Crippen LogP contribution in [0, 0.1) is 11.9 Å². The summed E-state index contributed by atoms with van der Waals surface area (Å²) >= 11 is 0. The molecular formula is C13H15FN4O2. The van der Waals surface area contributed by atoms with E-state index in [1.54, 1.807) is 4.90 Å². The van der Waals surface area contributed by atoms with Gasteiger partial charge in [0.05, 0.1) is 17.8 Å². The molecule has 7 heteroatoms. The second-order valence-corrected chi connectivity index (χ2v) is 5.18. The largest absolute Gasteiger partial charge is 0.351 e. The summed E-state index contributed by atoms with van der Waals surface area (Å²) in [5.74, 6) is -0.698. The van der Waals surface area contributed by atoms with Gasteiger partial charge in [0, 0.05) is 19.1 Å². The Labute approximate surface area is 115 Å². The summed E-state index contributed by atoms with van der Waals surface area (Å²) in [6.45, 7) is 0.922. The van der Waals surface area contributed by atoms with E-state index in [0.29, 0.717) is 18.8 Å². The van der Waals surface area contributed by atoms with E-state index >= 15 is 0 Å². The monoisotopic (exact) mass is 278 g/mol. The molecule has 2 bridgehead atoms. The normalized spacial score (nSPS) is 25.1. The van der Waals surface area contributed by atoms with E-state index in [-0.39, 0.29) is 23.9 Å². The summed E-state index contributed by atoms with van der Waals surface area (Å²) in [7, 11) is 0. The van der Waals surface area contributed by atoms with Crippen LogP contribution in [0.5, 0.6) is 0 Å². The second-order valence-electron chi connectivity index (χ2n) is 5.18. The molecule has 0 radical (unpaired) electrons. The van der Waals surface area contributed by atoms with Crippen molar-refractivity contribution in [3.63, 3.8) is 0 Å². The zero-order valence-electron chi connectivity index (χ0n) is 10.8. The number of carbonyl (C=O) groups excluding carboxylic acids is 2. The lowest BCUT2D eigenvalue weighted by molar-refractivity contribution is -0.126. The molecule has 3 amide bonds. The SMILES string of the molecule is O=C1N[C@H]2CC[C@@H]1CN(C(=O)Nc1ccc(F)nc1)C2. The van der Waals surface area contributed by atoms with Crippen molar-refractivity contribution < 1.29 is 14.0 Å². The van der Waals surface area contributed by atoms with Gasteiger partial charge in [-0.2, -0.15) is 4.39 Å². The van der Waals surface area contributed by atoms with Gasteiger partial charge >= 0.3 is 6.03 Å². The quantitative estimate of drug-likeness (QED) is 0.751. The fourth-order valence-corrected chi connectivity index (χ4v) is 2.66. The van der Waals surface area contributed by atoms with E-state index in [9.17, 15) is 14.0 Å². The molecule has 3 aliphatic heterocycles. The number of fused-ring (bicyclic) bond motifs is 4. The predicted octanol–water partition coefficient (Wildman–Crippen LogP) is 0.963. The summed E-state index contributed by atoms with van der Waals surface area (Å²) in [6, 6.07) is 2.38. The third-order valence-corrected chi connectivity index (χ3v) is 3.73. The van der Waals surface area contributed by atoms with E-state index in [0.717, 1.165) is 12.8 Å². The number of piperidine rings is 1. The van der Waals surface area contributed by atoms with E-state index in [1.165, 1.54) is 18.3 Å². The van der Waals surface area contributed by atoms with Crippen LogP contribution in [-0.2, 0) is 4.79 Å². The van der Waals surface area contributed by atoms with Crippen LogP contribution in [0.3, 0.4) is 0 Å². The fraction of sp³-hybridized carbons (Fsp3) is 0.462. The number of anilines is 1. The Morgan fingerprint density at radius 2 is 2.25 bits per heavy atom. The van der Waals surface area contributed by atoms with Crippen LogP contribution in [-0.4, -0.2) is 41.0 Å². The Balaban J connectivity index is 1.68. The van der Waals surface area contributed by atoms with Gasteiger partial charge in [-0.15, -0.1) is 0 Å². The number of aromatic nitrogens is 1. The average molecular weight is 278 g/mol. The van der Waals surface area contributed by atoms with Crippen LogP contribution in [0.2, 0.25) is 0 Å². The van der Waals surface area contributed by atoms with Gasteiger partial charge in [0.1, 0.15) is 0 Å². The highest BCUT2D eigenvalue weighted by atomic mass is 19.1. The number of pyridine rings is 1. The topological polar surface area (TPSA) is 74.3 Å². The first-order chi connectivity index (χ1) is 9.61. The van der Waals surface area contributed by atoms with Crippen molar-refractivity contribution in [2.24, 2.45) is 5.92 Å². The molecule has 1 aromatic rings. The molecule has 2 N–H and O–H groups in total. The van der Waals surface area contributed by atoms with Crippen molar-refractivity contribution >= 4 is 17.6 Å². The maximum Gasteiger partial charge on any atom is 0.321 e. The minimum absolute atomic E-state index is 0.0262. The van der Waals surface area contributed by atoms with Crippen molar-refractivity contribution in [2.45, 2.75) is 18.9 Å². The summed E-state index contributed by atoms with van der Waals surface area (Å²) in [6.07, 6.45) is 2.99. The van der Waals surface area contributed by atoms with Gasteiger partial charge in [0.25, 0.3) is 0 Å². The van der Waals surface area contributed by atoms with Crippen LogP contribution >= 0.6 is 0 Å². The molecule has 3 saturated heterocycles. The molecule has 0 aliphatic carbocycles. The highest BCUT2D eigenvalue weighted by molar-refractivity contribution is 5.90. The first-order valence-corrected chi connectivity index (χ1v) is 6.59. The lowest BCUT2D eigenvalue weighted by Crippen LogP contribution is -2.44. The molecule has 4 rings (SSSR count).